The number of amides is 1. The lowest BCUT2D eigenvalue weighted by Crippen LogP contribution is -2.49. The van der Waals surface area contributed by atoms with Crippen LogP contribution in [0.15, 0.2) is 59.3 Å². The molecule has 1 amide bonds. The molecular formula is C21H20FN3O2. The van der Waals surface area contributed by atoms with Crippen molar-refractivity contribution in [1.29, 1.82) is 0 Å². The van der Waals surface area contributed by atoms with Crippen molar-refractivity contribution in [2.24, 2.45) is 0 Å². The Bertz CT molecular complexity index is 944. The van der Waals surface area contributed by atoms with Gasteiger partial charge in [-0.25, -0.2) is 4.39 Å². The Morgan fingerprint density at radius 1 is 1.04 bits per heavy atom. The van der Waals surface area contributed by atoms with Gasteiger partial charge in [-0.05, 0) is 19.1 Å². The third-order valence-electron chi connectivity index (χ3n) is 4.87. The standard InChI is InChI=1S/C21H20FN3O2/c1-15-6-8-16(9-7-15)20-17(14-23-27-20)21(26)25-12-10-24(11-13-25)19-5-3-2-4-18(19)22/h2-9,14H,10-13H2,1H3. The van der Waals surface area contributed by atoms with Crippen molar-refractivity contribution in [3.63, 3.8) is 0 Å². The molecule has 4 rings (SSSR count). The minimum absolute atomic E-state index is 0.111. The number of nitrogens with zero attached hydrogens (tertiary/aromatic N) is 3. The molecule has 0 aliphatic carbocycles. The average molecular weight is 365 g/mol. The second-order valence-electron chi connectivity index (χ2n) is 6.67. The summed E-state index contributed by atoms with van der Waals surface area (Å²) in [5, 5.41) is 3.83. The van der Waals surface area contributed by atoms with Crippen LogP contribution < -0.4 is 4.90 Å². The highest BCUT2D eigenvalue weighted by molar-refractivity contribution is 5.99. The van der Waals surface area contributed by atoms with Crippen LogP contribution in [-0.2, 0) is 0 Å². The minimum atomic E-state index is -0.238. The van der Waals surface area contributed by atoms with Crippen molar-refractivity contribution in [2.45, 2.75) is 6.92 Å². The molecule has 5 nitrogen and oxygen atoms in total. The van der Waals surface area contributed by atoms with E-state index in [1.54, 1.807) is 17.0 Å². The predicted molar refractivity (Wildman–Crippen MR) is 101 cm³/mol. The van der Waals surface area contributed by atoms with Crippen LogP contribution in [0.4, 0.5) is 10.1 Å². The summed E-state index contributed by atoms with van der Waals surface area (Å²) in [5.41, 5.74) is 3.00. The highest BCUT2D eigenvalue weighted by Gasteiger charge is 2.27. The summed E-state index contributed by atoms with van der Waals surface area (Å²) in [6.07, 6.45) is 1.47. The van der Waals surface area contributed by atoms with E-state index in [9.17, 15) is 9.18 Å². The molecule has 2 heterocycles. The van der Waals surface area contributed by atoms with Gasteiger partial charge in [0.15, 0.2) is 5.76 Å². The molecule has 1 aliphatic heterocycles. The monoisotopic (exact) mass is 365 g/mol. The quantitative estimate of drug-likeness (QED) is 0.709. The second-order valence-corrected chi connectivity index (χ2v) is 6.67. The lowest BCUT2D eigenvalue weighted by atomic mass is 10.1. The summed E-state index contributed by atoms with van der Waals surface area (Å²) >= 11 is 0. The maximum atomic E-state index is 14.0. The SMILES string of the molecule is Cc1ccc(-c2oncc2C(=O)N2CCN(c3ccccc3F)CC2)cc1. The van der Waals surface area contributed by atoms with Crippen LogP contribution in [0.25, 0.3) is 11.3 Å². The predicted octanol–water partition coefficient (Wildman–Crippen LogP) is 3.75. The Hall–Kier alpha value is -3.15. The maximum absolute atomic E-state index is 14.0. The molecule has 0 N–H and O–H groups in total. The lowest BCUT2D eigenvalue weighted by Gasteiger charge is -2.36. The van der Waals surface area contributed by atoms with Crippen molar-refractivity contribution >= 4 is 11.6 Å². The molecule has 0 atom stereocenters. The molecule has 1 saturated heterocycles. The van der Waals surface area contributed by atoms with Crippen LogP contribution in [0.1, 0.15) is 15.9 Å². The topological polar surface area (TPSA) is 49.6 Å². The van der Waals surface area contributed by atoms with E-state index in [-0.39, 0.29) is 11.7 Å². The molecule has 6 heteroatoms. The van der Waals surface area contributed by atoms with Crippen molar-refractivity contribution in [3.8, 4) is 11.3 Å². The van der Waals surface area contributed by atoms with Crippen LogP contribution in [0.2, 0.25) is 0 Å². The normalized spacial score (nSPS) is 14.4. The van der Waals surface area contributed by atoms with E-state index in [1.165, 1.54) is 12.3 Å². The van der Waals surface area contributed by atoms with Gasteiger partial charge in [0, 0.05) is 31.7 Å². The van der Waals surface area contributed by atoms with Gasteiger partial charge >= 0.3 is 0 Å². The molecule has 1 fully saturated rings. The summed E-state index contributed by atoms with van der Waals surface area (Å²) < 4.78 is 19.3. The van der Waals surface area contributed by atoms with Crippen LogP contribution in [0.5, 0.6) is 0 Å². The fraction of sp³-hybridized carbons (Fsp3) is 0.238. The molecule has 27 heavy (non-hydrogen) atoms. The van der Waals surface area contributed by atoms with Crippen LogP contribution >= 0.6 is 0 Å². The Labute approximate surface area is 157 Å². The molecule has 0 spiro atoms. The number of hydrogen-bond acceptors (Lipinski definition) is 4. The van der Waals surface area contributed by atoms with Gasteiger partial charge in [0.05, 0.1) is 11.9 Å². The van der Waals surface area contributed by atoms with E-state index in [2.05, 4.69) is 5.16 Å². The number of aromatic nitrogens is 1. The van der Waals surface area contributed by atoms with Gasteiger partial charge < -0.3 is 14.3 Å². The molecular weight excluding hydrogens is 345 g/mol. The third kappa shape index (κ3) is 3.43. The second kappa shape index (κ2) is 7.23. The number of benzene rings is 2. The Morgan fingerprint density at radius 3 is 2.44 bits per heavy atom. The summed E-state index contributed by atoms with van der Waals surface area (Å²) in [5.74, 6) is 0.134. The summed E-state index contributed by atoms with van der Waals surface area (Å²) in [6, 6.07) is 14.5. The van der Waals surface area contributed by atoms with Gasteiger partial charge in [-0.1, -0.05) is 47.1 Å². The first-order chi connectivity index (χ1) is 13.1. The number of halogens is 1. The fourth-order valence-corrected chi connectivity index (χ4v) is 3.33. The molecule has 1 aromatic heterocycles. The fourth-order valence-electron chi connectivity index (χ4n) is 3.33. The van der Waals surface area contributed by atoms with Crippen molar-refractivity contribution in [1.82, 2.24) is 10.1 Å². The van der Waals surface area contributed by atoms with E-state index >= 15 is 0 Å². The van der Waals surface area contributed by atoms with Crippen LogP contribution in [0, 0.1) is 12.7 Å². The van der Waals surface area contributed by atoms with Gasteiger partial charge in [0.1, 0.15) is 11.4 Å². The molecule has 138 valence electrons. The van der Waals surface area contributed by atoms with Gasteiger partial charge in [-0.15, -0.1) is 0 Å². The zero-order chi connectivity index (χ0) is 18.8. The van der Waals surface area contributed by atoms with E-state index in [0.717, 1.165) is 11.1 Å². The van der Waals surface area contributed by atoms with Gasteiger partial charge in [0.2, 0.25) is 0 Å². The van der Waals surface area contributed by atoms with Gasteiger partial charge in [0.25, 0.3) is 5.91 Å². The molecule has 0 unspecified atom stereocenters. The summed E-state index contributed by atoms with van der Waals surface area (Å²) in [4.78, 5) is 16.7. The van der Waals surface area contributed by atoms with Crippen LogP contribution in [-0.4, -0.2) is 42.1 Å². The number of para-hydroxylation sites is 1. The highest BCUT2D eigenvalue weighted by Crippen LogP contribution is 2.26. The largest absolute Gasteiger partial charge is 0.366 e. The van der Waals surface area contributed by atoms with Gasteiger partial charge in [-0.3, -0.25) is 4.79 Å². The van der Waals surface area contributed by atoms with Crippen molar-refractivity contribution in [2.75, 3.05) is 31.1 Å². The third-order valence-corrected chi connectivity index (χ3v) is 4.87. The molecule has 2 aromatic carbocycles. The average Bonchev–Trinajstić information content (AvgIpc) is 3.18. The number of anilines is 1. The number of rotatable bonds is 3. The Balaban J connectivity index is 1.48. The number of hydrogen-bond donors (Lipinski definition) is 0. The zero-order valence-corrected chi connectivity index (χ0v) is 15.1. The maximum Gasteiger partial charge on any atom is 0.259 e. The highest BCUT2D eigenvalue weighted by atomic mass is 19.1. The first-order valence-corrected chi connectivity index (χ1v) is 8.94. The first kappa shape index (κ1) is 17.3. The smallest absolute Gasteiger partial charge is 0.259 e. The molecule has 0 saturated carbocycles. The van der Waals surface area contributed by atoms with Crippen molar-refractivity contribution < 1.29 is 13.7 Å². The van der Waals surface area contributed by atoms with E-state index in [1.807, 2.05) is 42.2 Å². The number of piperazine rings is 1. The number of carbonyl (C=O) groups excluding carboxylic acids is 1. The lowest BCUT2D eigenvalue weighted by molar-refractivity contribution is 0.0747. The number of aryl methyl sites for hydroxylation is 1. The molecule has 0 bridgehead atoms. The molecule has 1 aliphatic rings. The minimum Gasteiger partial charge on any atom is -0.366 e. The molecule has 3 aromatic rings. The van der Waals surface area contributed by atoms with Crippen LogP contribution in [0.3, 0.4) is 0 Å². The zero-order valence-electron chi connectivity index (χ0n) is 15.1. The molecule has 0 radical (unpaired) electrons. The number of carbonyl (C=O) groups is 1. The summed E-state index contributed by atoms with van der Waals surface area (Å²) in [6.45, 7) is 4.21. The van der Waals surface area contributed by atoms with Crippen molar-refractivity contribution in [3.05, 3.63) is 71.7 Å². The van der Waals surface area contributed by atoms with E-state index < -0.39 is 0 Å². The van der Waals surface area contributed by atoms with E-state index in [4.69, 9.17) is 4.52 Å². The van der Waals surface area contributed by atoms with Gasteiger partial charge in [-0.2, -0.15) is 0 Å². The summed E-state index contributed by atoms with van der Waals surface area (Å²) in [7, 11) is 0. The Morgan fingerprint density at radius 2 is 1.74 bits per heavy atom. The Kier molecular flexibility index (Phi) is 4.62. The first-order valence-electron chi connectivity index (χ1n) is 8.94. The van der Waals surface area contributed by atoms with E-state index in [0.29, 0.717) is 43.2 Å².